The van der Waals surface area contributed by atoms with Crippen LogP contribution in [0.5, 0.6) is 0 Å². The van der Waals surface area contributed by atoms with Gasteiger partial charge in [-0.05, 0) is 50.1 Å². The molecule has 1 aliphatic heterocycles. The van der Waals surface area contributed by atoms with Gasteiger partial charge in [0.2, 0.25) is 10.0 Å². The Bertz CT molecular complexity index is 1340. The minimum absolute atomic E-state index is 0.102. The van der Waals surface area contributed by atoms with E-state index in [1.165, 1.54) is 22.0 Å². The molecule has 0 bridgehead atoms. The molecule has 4 rings (SSSR count). The van der Waals surface area contributed by atoms with Crippen LogP contribution < -0.4 is 10.5 Å². The molecule has 0 atom stereocenters. The Kier molecular flexibility index (Phi) is 6.06. The van der Waals surface area contributed by atoms with Crippen molar-refractivity contribution in [1.82, 2.24) is 23.9 Å². The summed E-state index contributed by atoms with van der Waals surface area (Å²) in [4.78, 5) is 14.1. The second kappa shape index (κ2) is 8.67. The fourth-order valence-corrected chi connectivity index (χ4v) is 5.34. The number of halogens is 2. The Hall–Kier alpha value is -3.12. The monoisotopic (exact) mass is 478 g/mol. The quantitative estimate of drug-likeness (QED) is 0.559. The third kappa shape index (κ3) is 4.27. The first kappa shape index (κ1) is 23.1. The molecule has 176 valence electrons. The van der Waals surface area contributed by atoms with E-state index in [0.717, 1.165) is 17.3 Å². The Morgan fingerprint density at radius 1 is 0.970 bits per heavy atom. The van der Waals surface area contributed by atoms with E-state index in [-0.39, 0.29) is 29.2 Å². The molecule has 0 amide bonds. The van der Waals surface area contributed by atoms with E-state index >= 15 is 0 Å². The molecule has 0 spiro atoms. The van der Waals surface area contributed by atoms with Gasteiger partial charge < -0.3 is 4.90 Å². The molecule has 1 aromatic carbocycles. The molecular weight excluding hydrogens is 454 g/mol. The third-order valence-corrected chi connectivity index (χ3v) is 7.89. The highest BCUT2D eigenvalue weighted by atomic mass is 32.2. The van der Waals surface area contributed by atoms with Crippen LogP contribution in [0.1, 0.15) is 23.4 Å². The van der Waals surface area contributed by atoms with Crippen molar-refractivity contribution in [1.29, 1.82) is 0 Å². The standard InChI is InChI=1S/C21H24F2N6O3S/c1-14-4-5-17(12-15(14)2)29-20(30)7-6-19(25-29)26-8-10-27(11-9-26)33(31,32)18-13-24-28(16(18)3)21(22)23/h4-7,12-13,21H,8-11H2,1-3H3. The van der Waals surface area contributed by atoms with Crippen LogP contribution in [0.3, 0.4) is 0 Å². The summed E-state index contributed by atoms with van der Waals surface area (Å²) >= 11 is 0. The van der Waals surface area contributed by atoms with Gasteiger partial charge in [-0.3, -0.25) is 4.79 Å². The maximum atomic E-state index is 13.0. The van der Waals surface area contributed by atoms with E-state index in [0.29, 0.717) is 29.3 Å². The van der Waals surface area contributed by atoms with Gasteiger partial charge in [0.1, 0.15) is 10.7 Å². The number of aromatic nitrogens is 4. The van der Waals surface area contributed by atoms with Crippen LogP contribution in [0.2, 0.25) is 0 Å². The second-order valence-electron chi connectivity index (χ2n) is 7.92. The number of alkyl halides is 2. The smallest absolute Gasteiger partial charge is 0.333 e. The molecule has 1 fully saturated rings. The Balaban J connectivity index is 1.53. The first-order valence-corrected chi connectivity index (χ1v) is 11.8. The summed E-state index contributed by atoms with van der Waals surface area (Å²) in [6, 6.07) is 8.68. The number of piperazine rings is 1. The van der Waals surface area contributed by atoms with Crippen LogP contribution in [0.25, 0.3) is 5.69 Å². The summed E-state index contributed by atoms with van der Waals surface area (Å²) in [7, 11) is -3.96. The molecular formula is C21H24F2N6O3S. The molecule has 3 heterocycles. The predicted molar refractivity (Wildman–Crippen MR) is 118 cm³/mol. The zero-order chi connectivity index (χ0) is 23.9. The number of hydrogen-bond acceptors (Lipinski definition) is 6. The van der Waals surface area contributed by atoms with Crippen LogP contribution >= 0.6 is 0 Å². The molecule has 0 N–H and O–H groups in total. The predicted octanol–water partition coefficient (Wildman–Crippen LogP) is 2.26. The number of benzene rings is 1. The van der Waals surface area contributed by atoms with Crippen molar-refractivity contribution < 1.29 is 17.2 Å². The van der Waals surface area contributed by atoms with Crippen LogP contribution in [0.15, 0.2) is 46.2 Å². The lowest BCUT2D eigenvalue weighted by Gasteiger charge is -2.34. The van der Waals surface area contributed by atoms with Gasteiger partial charge in [0, 0.05) is 32.2 Å². The minimum Gasteiger partial charge on any atom is -0.353 e. The molecule has 0 unspecified atom stereocenters. The highest BCUT2D eigenvalue weighted by molar-refractivity contribution is 7.89. The average Bonchev–Trinajstić information content (AvgIpc) is 3.18. The van der Waals surface area contributed by atoms with Crippen molar-refractivity contribution in [2.24, 2.45) is 0 Å². The van der Waals surface area contributed by atoms with Crippen LogP contribution in [0.4, 0.5) is 14.6 Å². The van der Waals surface area contributed by atoms with Gasteiger partial charge in [-0.15, -0.1) is 5.10 Å². The lowest BCUT2D eigenvalue weighted by Crippen LogP contribution is -2.49. The normalized spacial score (nSPS) is 15.4. The fraction of sp³-hybridized carbons (Fsp3) is 0.381. The second-order valence-corrected chi connectivity index (χ2v) is 9.82. The van der Waals surface area contributed by atoms with Gasteiger partial charge in [-0.25, -0.2) is 13.1 Å². The Morgan fingerprint density at radius 2 is 1.67 bits per heavy atom. The van der Waals surface area contributed by atoms with Crippen molar-refractivity contribution in [2.75, 3.05) is 31.1 Å². The van der Waals surface area contributed by atoms with Crippen LogP contribution in [-0.2, 0) is 10.0 Å². The van der Waals surface area contributed by atoms with E-state index in [2.05, 4.69) is 10.2 Å². The number of sulfonamides is 1. The van der Waals surface area contributed by atoms with Crippen molar-refractivity contribution in [3.05, 3.63) is 63.7 Å². The largest absolute Gasteiger partial charge is 0.353 e. The maximum absolute atomic E-state index is 13.0. The summed E-state index contributed by atoms with van der Waals surface area (Å²) in [5, 5.41) is 7.99. The Labute approximate surface area is 189 Å². The topological polar surface area (TPSA) is 93.3 Å². The van der Waals surface area contributed by atoms with E-state index in [1.54, 1.807) is 6.07 Å². The molecule has 1 saturated heterocycles. The van der Waals surface area contributed by atoms with Gasteiger partial charge in [-0.2, -0.15) is 22.9 Å². The number of hydrogen-bond donors (Lipinski definition) is 0. The molecule has 0 saturated carbocycles. The van der Waals surface area contributed by atoms with Crippen LogP contribution in [0, 0.1) is 20.8 Å². The van der Waals surface area contributed by atoms with Crippen molar-refractivity contribution >= 4 is 15.8 Å². The van der Waals surface area contributed by atoms with Gasteiger partial charge >= 0.3 is 6.55 Å². The first-order valence-electron chi connectivity index (χ1n) is 10.3. The van der Waals surface area contributed by atoms with Crippen molar-refractivity contribution in [3.63, 3.8) is 0 Å². The molecule has 12 heteroatoms. The third-order valence-electron chi connectivity index (χ3n) is 5.89. The van der Waals surface area contributed by atoms with Gasteiger partial charge in [-0.1, -0.05) is 6.07 Å². The maximum Gasteiger partial charge on any atom is 0.333 e. The molecule has 3 aromatic rings. The number of aryl methyl sites for hydroxylation is 2. The molecule has 9 nitrogen and oxygen atoms in total. The minimum atomic E-state index is -3.96. The van der Waals surface area contributed by atoms with Crippen molar-refractivity contribution in [2.45, 2.75) is 32.2 Å². The molecule has 0 aliphatic carbocycles. The number of nitrogens with zero attached hydrogens (tertiary/aromatic N) is 6. The summed E-state index contributed by atoms with van der Waals surface area (Å²) < 4.78 is 54.9. The number of rotatable bonds is 5. The zero-order valence-corrected chi connectivity index (χ0v) is 19.3. The summed E-state index contributed by atoms with van der Waals surface area (Å²) in [6.07, 6.45) is 0.963. The van der Waals surface area contributed by atoms with E-state index in [4.69, 9.17) is 0 Å². The Morgan fingerprint density at radius 3 is 2.27 bits per heavy atom. The molecule has 2 aromatic heterocycles. The highest BCUT2D eigenvalue weighted by Gasteiger charge is 2.32. The van der Waals surface area contributed by atoms with Gasteiger partial charge in [0.15, 0.2) is 0 Å². The van der Waals surface area contributed by atoms with Crippen LogP contribution in [-0.4, -0.2) is 58.5 Å². The molecule has 33 heavy (non-hydrogen) atoms. The van der Waals surface area contributed by atoms with E-state index < -0.39 is 16.6 Å². The molecule has 1 aliphatic rings. The summed E-state index contributed by atoms with van der Waals surface area (Å²) in [5.41, 5.74) is 2.42. The first-order chi connectivity index (χ1) is 15.6. The highest BCUT2D eigenvalue weighted by Crippen LogP contribution is 2.24. The SMILES string of the molecule is Cc1ccc(-n2nc(N3CCN(S(=O)(=O)c4cnn(C(F)F)c4C)CC3)ccc2=O)cc1C. The average molecular weight is 479 g/mol. The van der Waals surface area contributed by atoms with Crippen molar-refractivity contribution in [3.8, 4) is 5.69 Å². The number of anilines is 1. The lowest BCUT2D eigenvalue weighted by atomic mass is 10.1. The van der Waals surface area contributed by atoms with E-state index in [1.807, 2.05) is 36.9 Å². The summed E-state index contributed by atoms with van der Waals surface area (Å²) in [5.74, 6) is 0.548. The molecule has 0 radical (unpaired) electrons. The zero-order valence-electron chi connectivity index (χ0n) is 18.4. The summed E-state index contributed by atoms with van der Waals surface area (Å²) in [6.45, 7) is 3.29. The fourth-order valence-electron chi connectivity index (χ4n) is 3.77. The van der Waals surface area contributed by atoms with Gasteiger partial charge in [0.25, 0.3) is 5.56 Å². The van der Waals surface area contributed by atoms with Gasteiger partial charge in [0.05, 0.1) is 17.6 Å². The lowest BCUT2D eigenvalue weighted by molar-refractivity contribution is 0.0541. The van der Waals surface area contributed by atoms with E-state index in [9.17, 15) is 22.0 Å².